The fourth-order valence-corrected chi connectivity index (χ4v) is 3.30. The zero-order valence-corrected chi connectivity index (χ0v) is 15.7. The second kappa shape index (κ2) is 7.49. The molecule has 0 saturated carbocycles. The molecule has 0 spiro atoms. The Balaban J connectivity index is 1.96. The summed E-state index contributed by atoms with van der Waals surface area (Å²) in [6.45, 7) is 2.04. The third-order valence-electron chi connectivity index (χ3n) is 3.88. The van der Waals surface area contributed by atoms with Crippen LogP contribution in [-0.2, 0) is 0 Å². The van der Waals surface area contributed by atoms with E-state index in [1.54, 1.807) is 24.4 Å². The number of hydrogen-bond donors (Lipinski definition) is 0. The summed E-state index contributed by atoms with van der Waals surface area (Å²) in [6.07, 6.45) is 3.53. The lowest BCUT2D eigenvalue weighted by Crippen LogP contribution is -2.00. The van der Waals surface area contributed by atoms with Gasteiger partial charge >= 0.3 is 0 Å². The van der Waals surface area contributed by atoms with E-state index in [0.717, 1.165) is 21.8 Å². The Kier molecular flexibility index (Phi) is 5.14. The smallest absolute Gasteiger partial charge is 0.277 e. The van der Waals surface area contributed by atoms with Crippen LogP contribution in [0, 0.1) is 17.0 Å². The average molecular weight is 365 g/mol. The zero-order chi connectivity index (χ0) is 18.7. The van der Waals surface area contributed by atoms with Crippen molar-refractivity contribution in [1.29, 1.82) is 0 Å². The number of aromatic nitrogens is 1. The van der Waals surface area contributed by atoms with Gasteiger partial charge in [-0.25, -0.2) is 4.98 Å². The third-order valence-corrected chi connectivity index (χ3v) is 4.77. The second-order valence-electron chi connectivity index (χ2n) is 6.21. The summed E-state index contributed by atoms with van der Waals surface area (Å²) in [5, 5.41) is 14.3. The summed E-state index contributed by atoms with van der Waals surface area (Å²) in [4.78, 5) is 17.6. The minimum atomic E-state index is -0.355. The van der Waals surface area contributed by atoms with Crippen LogP contribution in [0.15, 0.2) is 54.0 Å². The summed E-state index contributed by atoms with van der Waals surface area (Å²) in [6, 6.07) is 13.4. The molecule has 0 fully saturated rings. The maximum atomic E-state index is 11.4. The Labute approximate surface area is 156 Å². The SMILES string of the molecule is Cc1ccc(-c2nc(-c3ccc(C=CN(C)C)c([N+](=O)[O-])c3)cs2)cc1. The minimum absolute atomic E-state index is 0.0745. The summed E-state index contributed by atoms with van der Waals surface area (Å²) in [7, 11) is 3.75. The number of nitro groups is 1. The Hall–Kier alpha value is -2.99. The summed E-state index contributed by atoms with van der Waals surface area (Å²) < 4.78 is 0. The molecule has 5 nitrogen and oxygen atoms in total. The molecule has 0 aliphatic rings. The van der Waals surface area contributed by atoms with Crippen molar-refractivity contribution in [1.82, 2.24) is 9.88 Å². The molecule has 1 heterocycles. The number of nitro benzene ring substituents is 1. The van der Waals surface area contributed by atoms with Gasteiger partial charge in [-0.3, -0.25) is 10.1 Å². The molecule has 0 radical (unpaired) electrons. The van der Waals surface area contributed by atoms with Gasteiger partial charge in [0.1, 0.15) is 5.01 Å². The number of benzene rings is 2. The van der Waals surface area contributed by atoms with Crippen molar-refractivity contribution in [2.45, 2.75) is 6.92 Å². The lowest BCUT2D eigenvalue weighted by atomic mass is 10.1. The molecule has 2 aromatic carbocycles. The first-order valence-electron chi connectivity index (χ1n) is 8.10. The first-order valence-corrected chi connectivity index (χ1v) is 8.98. The highest BCUT2D eigenvalue weighted by molar-refractivity contribution is 7.13. The molecule has 1 aromatic heterocycles. The quantitative estimate of drug-likeness (QED) is 0.459. The number of hydrogen-bond acceptors (Lipinski definition) is 5. The summed E-state index contributed by atoms with van der Waals surface area (Å²) in [5.41, 5.74) is 4.38. The van der Waals surface area contributed by atoms with Gasteiger partial charge in [0.15, 0.2) is 0 Å². The van der Waals surface area contributed by atoms with Gasteiger partial charge in [0, 0.05) is 36.7 Å². The monoisotopic (exact) mass is 365 g/mol. The van der Waals surface area contributed by atoms with Crippen molar-refractivity contribution in [3.63, 3.8) is 0 Å². The van der Waals surface area contributed by atoms with E-state index in [2.05, 4.69) is 4.98 Å². The second-order valence-corrected chi connectivity index (χ2v) is 7.07. The van der Waals surface area contributed by atoms with E-state index in [1.807, 2.05) is 61.6 Å². The highest BCUT2D eigenvalue weighted by Crippen LogP contribution is 2.32. The highest BCUT2D eigenvalue weighted by atomic mass is 32.1. The minimum Gasteiger partial charge on any atom is -0.383 e. The molecule has 26 heavy (non-hydrogen) atoms. The van der Waals surface area contributed by atoms with Gasteiger partial charge in [-0.2, -0.15) is 0 Å². The molecule has 0 unspecified atom stereocenters. The zero-order valence-electron chi connectivity index (χ0n) is 14.8. The lowest BCUT2D eigenvalue weighted by molar-refractivity contribution is -0.385. The maximum absolute atomic E-state index is 11.4. The first kappa shape index (κ1) is 17.8. The Morgan fingerprint density at radius 3 is 2.46 bits per heavy atom. The van der Waals surface area contributed by atoms with Gasteiger partial charge in [-0.15, -0.1) is 11.3 Å². The van der Waals surface area contributed by atoms with E-state index in [0.29, 0.717) is 5.56 Å². The predicted octanol–water partition coefficient (Wildman–Crippen LogP) is 5.23. The molecule has 3 rings (SSSR count). The Morgan fingerprint density at radius 1 is 1.12 bits per heavy atom. The maximum Gasteiger partial charge on any atom is 0.277 e. The average Bonchev–Trinajstić information content (AvgIpc) is 3.10. The van der Waals surface area contributed by atoms with Crippen LogP contribution >= 0.6 is 11.3 Å². The Morgan fingerprint density at radius 2 is 1.81 bits per heavy atom. The van der Waals surface area contributed by atoms with Crippen molar-refractivity contribution in [3.8, 4) is 21.8 Å². The van der Waals surface area contributed by atoms with Crippen LogP contribution in [0.1, 0.15) is 11.1 Å². The largest absolute Gasteiger partial charge is 0.383 e. The van der Waals surface area contributed by atoms with E-state index in [-0.39, 0.29) is 10.6 Å². The molecule has 6 heteroatoms. The molecular formula is C20H19N3O2S. The number of thiazole rings is 1. The van der Waals surface area contributed by atoms with Crippen LogP contribution in [0.4, 0.5) is 5.69 Å². The molecule has 0 amide bonds. The van der Waals surface area contributed by atoms with Crippen molar-refractivity contribution in [3.05, 3.63) is 75.3 Å². The topological polar surface area (TPSA) is 59.3 Å². The molecule has 0 atom stereocenters. The number of nitrogens with zero attached hydrogens (tertiary/aromatic N) is 3. The summed E-state index contributed by atoms with van der Waals surface area (Å²) in [5.74, 6) is 0. The van der Waals surface area contributed by atoms with E-state index in [9.17, 15) is 10.1 Å². The van der Waals surface area contributed by atoms with Crippen LogP contribution in [0.2, 0.25) is 0 Å². The molecule has 3 aromatic rings. The number of rotatable bonds is 5. The van der Waals surface area contributed by atoms with E-state index >= 15 is 0 Å². The van der Waals surface area contributed by atoms with Crippen molar-refractivity contribution < 1.29 is 4.92 Å². The van der Waals surface area contributed by atoms with Gasteiger partial charge in [0.2, 0.25) is 0 Å². The normalized spacial score (nSPS) is 11.0. The molecular weight excluding hydrogens is 346 g/mol. The van der Waals surface area contributed by atoms with Crippen molar-refractivity contribution >= 4 is 23.1 Å². The van der Waals surface area contributed by atoms with Gasteiger partial charge in [0.05, 0.1) is 16.2 Å². The van der Waals surface area contributed by atoms with Gasteiger partial charge < -0.3 is 4.90 Å². The van der Waals surface area contributed by atoms with Gasteiger partial charge in [-0.05, 0) is 25.3 Å². The molecule has 0 aliphatic heterocycles. The standard InChI is InChI=1S/C20H19N3O2S/c1-14-4-6-16(7-5-14)20-21-18(13-26-20)17-9-8-15(10-11-22(2)3)19(12-17)23(24)25/h4-13H,1-3H3. The van der Waals surface area contributed by atoms with E-state index in [1.165, 1.54) is 16.9 Å². The van der Waals surface area contributed by atoms with Crippen LogP contribution in [0.25, 0.3) is 27.9 Å². The van der Waals surface area contributed by atoms with Crippen LogP contribution in [0.5, 0.6) is 0 Å². The molecule has 0 N–H and O–H groups in total. The Bertz CT molecular complexity index is 959. The summed E-state index contributed by atoms with van der Waals surface area (Å²) >= 11 is 1.53. The molecule has 0 aliphatic carbocycles. The first-order chi connectivity index (χ1) is 12.4. The van der Waals surface area contributed by atoms with Crippen LogP contribution in [-0.4, -0.2) is 28.9 Å². The van der Waals surface area contributed by atoms with E-state index in [4.69, 9.17) is 0 Å². The molecule has 0 bridgehead atoms. The van der Waals surface area contributed by atoms with Crippen molar-refractivity contribution in [2.24, 2.45) is 0 Å². The lowest BCUT2D eigenvalue weighted by Gasteiger charge is -2.05. The van der Waals surface area contributed by atoms with Crippen molar-refractivity contribution in [2.75, 3.05) is 14.1 Å². The predicted molar refractivity (Wildman–Crippen MR) is 107 cm³/mol. The highest BCUT2D eigenvalue weighted by Gasteiger charge is 2.15. The molecule has 0 saturated heterocycles. The van der Waals surface area contributed by atoms with Crippen LogP contribution < -0.4 is 0 Å². The van der Waals surface area contributed by atoms with E-state index < -0.39 is 0 Å². The van der Waals surface area contributed by atoms with Gasteiger partial charge in [0.25, 0.3) is 5.69 Å². The fourth-order valence-electron chi connectivity index (χ4n) is 2.47. The number of aryl methyl sites for hydroxylation is 1. The molecule has 132 valence electrons. The third kappa shape index (κ3) is 3.97. The fraction of sp³-hybridized carbons (Fsp3) is 0.150. The van der Waals surface area contributed by atoms with Crippen LogP contribution in [0.3, 0.4) is 0 Å². The van der Waals surface area contributed by atoms with Gasteiger partial charge in [-0.1, -0.05) is 35.9 Å².